The van der Waals surface area contributed by atoms with Crippen molar-refractivity contribution in [3.8, 4) is 6.07 Å². The summed E-state index contributed by atoms with van der Waals surface area (Å²) in [4.78, 5) is 33.0. The van der Waals surface area contributed by atoms with Crippen LogP contribution in [0.1, 0.15) is 41.5 Å². The predicted molar refractivity (Wildman–Crippen MR) is 110 cm³/mol. The van der Waals surface area contributed by atoms with Gasteiger partial charge in [-0.3, -0.25) is 9.59 Å². The summed E-state index contributed by atoms with van der Waals surface area (Å²) in [5.41, 5.74) is 3.14. The molecule has 0 saturated heterocycles. The number of anilines is 1. The molecule has 6 nitrogen and oxygen atoms in total. The van der Waals surface area contributed by atoms with Crippen LogP contribution in [-0.4, -0.2) is 15.9 Å². The summed E-state index contributed by atoms with van der Waals surface area (Å²) in [7, 11) is 0. The molecule has 0 bridgehead atoms. The number of amides is 1. The van der Waals surface area contributed by atoms with Crippen molar-refractivity contribution in [1.82, 2.24) is 9.97 Å². The van der Waals surface area contributed by atoms with Crippen LogP contribution in [-0.2, 0) is 24.1 Å². The summed E-state index contributed by atoms with van der Waals surface area (Å²) in [5.74, 6) is 0.393. The van der Waals surface area contributed by atoms with E-state index in [0.717, 1.165) is 24.8 Å². The molecule has 2 heterocycles. The van der Waals surface area contributed by atoms with E-state index in [9.17, 15) is 14.9 Å². The van der Waals surface area contributed by atoms with Crippen molar-refractivity contribution in [1.29, 1.82) is 5.26 Å². The second kappa shape index (κ2) is 7.56. The van der Waals surface area contributed by atoms with Crippen LogP contribution in [0.2, 0.25) is 0 Å². The Hall–Kier alpha value is -2.98. The largest absolute Gasteiger partial charge is 0.319 e. The van der Waals surface area contributed by atoms with Crippen molar-refractivity contribution in [2.45, 2.75) is 39.0 Å². The maximum absolute atomic E-state index is 12.5. The maximum atomic E-state index is 12.5. The third kappa shape index (κ3) is 3.56. The highest BCUT2D eigenvalue weighted by Gasteiger charge is 2.24. The Balaban J connectivity index is 1.48. The van der Waals surface area contributed by atoms with Gasteiger partial charge >= 0.3 is 0 Å². The van der Waals surface area contributed by atoms with Crippen molar-refractivity contribution in [3.63, 3.8) is 0 Å². The van der Waals surface area contributed by atoms with Crippen LogP contribution in [0.3, 0.4) is 0 Å². The zero-order valence-corrected chi connectivity index (χ0v) is 16.4. The number of aromatic nitrogens is 2. The average molecular weight is 392 g/mol. The number of rotatable bonds is 4. The minimum Gasteiger partial charge on any atom is -0.319 e. The number of nitrogens with zero attached hydrogens (tertiary/aromatic N) is 2. The number of H-pyrrole nitrogens is 1. The second-order valence-electron chi connectivity index (χ2n) is 7.25. The molecule has 0 saturated carbocycles. The van der Waals surface area contributed by atoms with Gasteiger partial charge in [0.05, 0.1) is 16.6 Å². The fourth-order valence-corrected chi connectivity index (χ4v) is 4.99. The summed E-state index contributed by atoms with van der Waals surface area (Å²) < 4.78 is 0. The number of carbonyl (C=O) groups is 1. The number of nitriles is 1. The molecular formula is C21H20N4O2S. The van der Waals surface area contributed by atoms with Crippen LogP contribution in [0.4, 0.5) is 5.00 Å². The number of benzene rings is 1. The lowest BCUT2D eigenvalue weighted by Crippen LogP contribution is -2.19. The molecule has 3 aromatic rings. The van der Waals surface area contributed by atoms with Crippen LogP contribution in [0.25, 0.3) is 11.0 Å². The molecule has 1 aliphatic rings. The average Bonchev–Trinajstić information content (AvgIpc) is 3.02. The van der Waals surface area contributed by atoms with Crippen molar-refractivity contribution in [2.75, 3.05) is 5.32 Å². The van der Waals surface area contributed by atoms with E-state index in [1.807, 2.05) is 18.2 Å². The summed E-state index contributed by atoms with van der Waals surface area (Å²) in [6.07, 6.45) is 3.31. The molecule has 1 aliphatic carbocycles. The zero-order valence-electron chi connectivity index (χ0n) is 15.5. The normalized spacial score (nSPS) is 15.8. The van der Waals surface area contributed by atoms with Gasteiger partial charge in [0.1, 0.15) is 16.8 Å². The molecule has 1 atom stereocenters. The molecule has 1 amide bonds. The van der Waals surface area contributed by atoms with Gasteiger partial charge in [0.2, 0.25) is 5.91 Å². The van der Waals surface area contributed by atoms with Crippen LogP contribution >= 0.6 is 11.3 Å². The van der Waals surface area contributed by atoms with E-state index in [1.54, 1.807) is 6.07 Å². The van der Waals surface area contributed by atoms with E-state index in [2.05, 4.69) is 28.3 Å². The number of fused-ring (bicyclic) bond motifs is 2. The van der Waals surface area contributed by atoms with Gasteiger partial charge in [-0.15, -0.1) is 11.3 Å². The Morgan fingerprint density at radius 3 is 3.07 bits per heavy atom. The third-order valence-corrected chi connectivity index (χ3v) is 6.30. The van der Waals surface area contributed by atoms with Crippen molar-refractivity contribution in [2.24, 2.45) is 5.92 Å². The first kappa shape index (κ1) is 18.4. The number of hydrogen-bond acceptors (Lipinski definition) is 5. The quantitative estimate of drug-likeness (QED) is 0.709. The van der Waals surface area contributed by atoms with Gasteiger partial charge in [-0.1, -0.05) is 19.1 Å². The van der Waals surface area contributed by atoms with Crippen LogP contribution < -0.4 is 10.9 Å². The van der Waals surface area contributed by atoms with Crippen LogP contribution in [0.5, 0.6) is 0 Å². The monoisotopic (exact) mass is 392 g/mol. The molecular weight excluding hydrogens is 372 g/mol. The van der Waals surface area contributed by atoms with Crippen molar-refractivity contribution in [3.05, 3.63) is 56.3 Å². The first-order valence-electron chi connectivity index (χ1n) is 9.37. The van der Waals surface area contributed by atoms with Gasteiger partial charge in [0.25, 0.3) is 5.56 Å². The van der Waals surface area contributed by atoms with Crippen LogP contribution in [0, 0.1) is 17.2 Å². The summed E-state index contributed by atoms with van der Waals surface area (Å²) in [6.45, 7) is 2.21. The Bertz CT molecular complexity index is 1160. The van der Waals surface area contributed by atoms with Gasteiger partial charge in [-0.05, 0) is 42.9 Å². The van der Waals surface area contributed by atoms with E-state index in [4.69, 9.17) is 0 Å². The lowest BCUT2D eigenvalue weighted by molar-refractivity contribution is -0.116. The second-order valence-corrected chi connectivity index (χ2v) is 8.35. The molecule has 2 N–H and O–H groups in total. The first-order chi connectivity index (χ1) is 13.5. The van der Waals surface area contributed by atoms with Gasteiger partial charge in [-0.25, -0.2) is 4.98 Å². The van der Waals surface area contributed by atoms with Crippen LogP contribution in [0.15, 0.2) is 29.1 Å². The zero-order chi connectivity index (χ0) is 19.7. The molecule has 0 radical (unpaired) electrons. The lowest BCUT2D eigenvalue weighted by Gasteiger charge is -2.17. The molecule has 28 heavy (non-hydrogen) atoms. The Labute approximate surface area is 166 Å². The molecule has 1 unspecified atom stereocenters. The fraction of sp³-hybridized carbons (Fsp3) is 0.333. The summed E-state index contributed by atoms with van der Waals surface area (Å²) in [6, 6.07) is 9.56. The lowest BCUT2D eigenvalue weighted by atomic mass is 9.88. The van der Waals surface area contributed by atoms with E-state index in [-0.39, 0.29) is 24.3 Å². The van der Waals surface area contributed by atoms with E-state index in [0.29, 0.717) is 33.2 Å². The van der Waals surface area contributed by atoms with E-state index in [1.165, 1.54) is 16.2 Å². The maximum Gasteiger partial charge on any atom is 0.270 e. The number of para-hydroxylation sites is 2. The van der Waals surface area contributed by atoms with E-state index < -0.39 is 0 Å². The number of nitrogens with one attached hydrogen (secondary N) is 2. The predicted octanol–water partition coefficient (Wildman–Crippen LogP) is 3.55. The van der Waals surface area contributed by atoms with Gasteiger partial charge in [-0.2, -0.15) is 5.26 Å². The molecule has 4 rings (SSSR count). The fourth-order valence-electron chi connectivity index (χ4n) is 3.62. The Kier molecular flexibility index (Phi) is 4.97. The molecule has 142 valence electrons. The Morgan fingerprint density at radius 1 is 1.43 bits per heavy atom. The molecule has 2 aromatic heterocycles. The highest BCUT2D eigenvalue weighted by Crippen LogP contribution is 2.39. The number of thiophene rings is 1. The highest BCUT2D eigenvalue weighted by atomic mass is 32.1. The molecule has 7 heteroatoms. The number of hydrogen-bond donors (Lipinski definition) is 2. The first-order valence-corrected chi connectivity index (χ1v) is 10.2. The molecule has 0 aliphatic heterocycles. The van der Waals surface area contributed by atoms with Gasteiger partial charge < -0.3 is 10.3 Å². The SMILES string of the molecule is CC1CCc2c(sc(NC(=O)CCc3nc4ccccc4[nH]c3=O)c2C#N)C1. The van der Waals surface area contributed by atoms with Crippen molar-refractivity contribution >= 4 is 33.3 Å². The van der Waals surface area contributed by atoms with Gasteiger partial charge in [0.15, 0.2) is 0 Å². The standard InChI is InChI=1S/C21H20N4O2S/c1-12-6-7-13-14(11-22)21(28-18(13)10-12)25-19(26)9-8-17-20(27)24-16-5-3-2-4-15(16)23-17/h2-5,12H,6-10H2,1H3,(H,24,27)(H,25,26). The topological polar surface area (TPSA) is 98.6 Å². The minimum absolute atomic E-state index is 0.137. The van der Waals surface area contributed by atoms with Gasteiger partial charge in [0, 0.05) is 17.7 Å². The highest BCUT2D eigenvalue weighted by molar-refractivity contribution is 7.16. The summed E-state index contributed by atoms with van der Waals surface area (Å²) >= 11 is 1.51. The molecule has 0 fully saturated rings. The smallest absolute Gasteiger partial charge is 0.270 e. The van der Waals surface area contributed by atoms with E-state index >= 15 is 0 Å². The minimum atomic E-state index is -0.273. The third-order valence-electron chi connectivity index (χ3n) is 5.14. The summed E-state index contributed by atoms with van der Waals surface area (Å²) in [5, 5.41) is 13.0. The molecule has 1 aromatic carbocycles. The molecule has 0 spiro atoms. The number of aromatic amines is 1. The number of carbonyl (C=O) groups excluding carboxylic acids is 1. The Morgan fingerprint density at radius 2 is 2.25 bits per heavy atom. The number of aryl methyl sites for hydroxylation is 1. The van der Waals surface area contributed by atoms with Crippen molar-refractivity contribution < 1.29 is 4.79 Å².